The molecule has 1 N–H and O–H groups in total. The van der Waals surface area contributed by atoms with Crippen LogP contribution >= 0.6 is 11.3 Å². The van der Waals surface area contributed by atoms with Gasteiger partial charge < -0.3 is 5.32 Å². The van der Waals surface area contributed by atoms with E-state index in [2.05, 4.69) is 17.2 Å². The Morgan fingerprint density at radius 2 is 2.25 bits per heavy atom. The van der Waals surface area contributed by atoms with E-state index < -0.39 is 0 Å². The van der Waals surface area contributed by atoms with Gasteiger partial charge in [-0.3, -0.25) is 9.36 Å². The summed E-state index contributed by atoms with van der Waals surface area (Å²) < 4.78 is 1.81. The first-order valence-corrected chi connectivity index (χ1v) is 8.28. The predicted octanol–water partition coefficient (Wildman–Crippen LogP) is 2.41. The van der Waals surface area contributed by atoms with Crippen LogP contribution in [0.1, 0.15) is 31.1 Å². The van der Waals surface area contributed by atoms with E-state index in [4.69, 9.17) is 0 Å². The van der Waals surface area contributed by atoms with Gasteiger partial charge in [0.25, 0.3) is 5.56 Å². The lowest BCUT2D eigenvalue weighted by atomic mass is 9.98. The lowest BCUT2D eigenvalue weighted by Crippen LogP contribution is -2.32. The molecule has 1 aliphatic heterocycles. The molecule has 1 aliphatic rings. The highest BCUT2D eigenvalue weighted by Crippen LogP contribution is 2.22. The normalized spacial score (nSPS) is 16.9. The van der Waals surface area contributed by atoms with Crippen molar-refractivity contribution in [2.24, 2.45) is 5.92 Å². The van der Waals surface area contributed by atoms with Crippen molar-refractivity contribution < 1.29 is 0 Å². The second-order valence-electron chi connectivity index (χ2n) is 5.58. The fourth-order valence-corrected chi connectivity index (χ4v) is 3.94. The third kappa shape index (κ3) is 2.79. The first-order valence-electron chi connectivity index (χ1n) is 7.46. The van der Waals surface area contributed by atoms with Gasteiger partial charge in [-0.15, -0.1) is 11.3 Å². The molecule has 2 aromatic heterocycles. The highest BCUT2D eigenvalue weighted by atomic mass is 32.1. The lowest BCUT2D eigenvalue weighted by molar-refractivity contribution is 0.329. The Balaban J connectivity index is 1.87. The highest BCUT2D eigenvalue weighted by molar-refractivity contribution is 7.18. The second-order valence-corrected chi connectivity index (χ2v) is 6.69. The summed E-state index contributed by atoms with van der Waals surface area (Å²) in [7, 11) is 0. The Morgan fingerprint density at radius 3 is 3.00 bits per heavy atom. The fraction of sp³-hybridized carbons (Fsp3) is 0.600. The number of hydrogen-bond donors (Lipinski definition) is 1. The second kappa shape index (κ2) is 6.06. The van der Waals surface area contributed by atoms with Gasteiger partial charge in [-0.2, -0.15) is 0 Å². The third-order valence-electron chi connectivity index (χ3n) is 3.98. The molecule has 0 atom stereocenters. The van der Waals surface area contributed by atoms with Crippen molar-refractivity contribution in [1.29, 1.82) is 0 Å². The van der Waals surface area contributed by atoms with Crippen molar-refractivity contribution in [3.05, 3.63) is 27.6 Å². The summed E-state index contributed by atoms with van der Waals surface area (Å²) in [5.41, 5.74) is 0.132. The zero-order valence-corrected chi connectivity index (χ0v) is 12.7. The molecular formula is C15H21N3OS. The first-order chi connectivity index (χ1) is 9.78. The smallest absolute Gasteiger partial charge is 0.262 e. The van der Waals surface area contributed by atoms with Crippen LogP contribution < -0.4 is 10.9 Å². The molecule has 0 aromatic carbocycles. The van der Waals surface area contributed by atoms with Gasteiger partial charge in [-0.25, -0.2) is 4.98 Å². The molecule has 1 fully saturated rings. The summed E-state index contributed by atoms with van der Waals surface area (Å²) in [6, 6.07) is 2.04. The predicted molar refractivity (Wildman–Crippen MR) is 83.5 cm³/mol. The van der Waals surface area contributed by atoms with E-state index >= 15 is 0 Å². The zero-order chi connectivity index (χ0) is 13.9. The van der Waals surface area contributed by atoms with Crippen molar-refractivity contribution in [2.75, 3.05) is 13.1 Å². The van der Waals surface area contributed by atoms with Gasteiger partial charge in [0.2, 0.25) is 0 Å². The summed E-state index contributed by atoms with van der Waals surface area (Å²) in [5, 5.41) is 4.16. The molecule has 4 nitrogen and oxygen atoms in total. The van der Waals surface area contributed by atoms with E-state index in [-0.39, 0.29) is 5.56 Å². The van der Waals surface area contributed by atoms with Crippen LogP contribution in [0.15, 0.2) is 17.2 Å². The number of nitrogens with zero attached hydrogens (tertiary/aromatic N) is 2. The van der Waals surface area contributed by atoms with E-state index in [0.717, 1.165) is 55.5 Å². The van der Waals surface area contributed by atoms with Gasteiger partial charge in [-0.05, 0) is 44.3 Å². The Hall–Kier alpha value is -1.20. The van der Waals surface area contributed by atoms with Gasteiger partial charge in [-0.1, -0.05) is 13.3 Å². The van der Waals surface area contributed by atoms with E-state index in [1.807, 2.05) is 6.07 Å². The Labute approximate surface area is 122 Å². The van der Waals surface area contributed by atoms with Gasteiger partial charge >= 0.3 is 0 Å². The molecule has 3 heterocycles. The van der Waals surface area contributed by atoms with Gasteiger partial charge in [0.05, 0.1) is 11.7 Å². The highest BCUT2D eigenvalue weighted by Gasteiger charge is 2.15. The van der Waals surface area contributed by atoms with Gasteiger partial charge in [0, 0.05) is 11.4 Å². The zero-order valence-electron chi connectivity index (χ0n) is 11.9. The van der Waals surface area contributed by atoms with Crippen molar-refractivity contribution >= 4 is 21.6 Å². The molecule has 5 heteroatoms. The van der Waals surface area contributed by atoms with Crippen molar-refractivity contribution in [2.45, 2.75) is 39.2 Å². The lowest BCUT2D eigenvalue weighted by Gasteiger charge is -2.22. The molecular weight excluding hydrogens is 270 g/mol. The quantitative estimate of drug-likeness (QED) is 0.941. The number of aromatic nitrogens is 2. The fourth-order valence-electron chi connectivity index (χ4n) is 2.85. The maximum Gasteiger partial charge on any atom is 0.262 e. The number of hydrogen-bond acceptors (Lipinski definition) is 4. The van der Waals surface area contributed by atoms with Crippen LogP contribution in [-0.4, -0.2) is 22.6 Å². The minimum absolute atomic E-state index is 0.132. The topological polar surface area (TPSA) is 46.9 Å². The van der Waals surface area contributed by atoms with Crippen LogP contribution in [-0.2, 0) is 13.0 Å². The van der Waals surface area contributed by atoms with E-state index in [1.54, 1.807) is 22.2 Å². The SMILES string of the molecule is CCCc1cc2c(=O)n(CC3CCNCC3)cnc2s1. The van der Waals surface area contributed by atoms with Gasteiger partial charge in [0.1, 0.15) is 4.83 Å². The summed E-state index contributed by atoms with van der Waals surface area (Å²) in [6.07, 6.45) is 6.17. The molecule has 3 rings (SSSR count). The van der Waals surface area contributed by atoms with Gasteiger partial charge in [0.15, 0.2) is 0 Å². The molecule has 0 saturated carbocycles. The van der Waals surface area contributed by atoms with Crippen molar-refractivity contribution in [3.8, 4) is 0 Å². The van der Waals surface area contributed by atoms with Crippen molar-refractivity contribution in [1.82, 2.24) is 14.9 Å². The third-order valence-corrected chi connectivity index (χ3v) is 5.08. The monoisotopic (exact) mass is 291 g/mol. The van der Waals surface area contributed by atoms with E-state index in [1.165, 1.54) is 4.88 Å². The van der Waals surface area contributed by atoms with E-state index in [0.29, 0.717) is 5.92 Å². The molecule has 0 bridgehead atoms. The standard InChI is InChI=1S/C15H21N3OS/c1-2-3-12-8-13-14(20-12)17-10-18(15(13)19)9-11-4-6-16-7-5-11/h8,10-11,16H,2-7,9H2,1H3. The minimum atomic E-state index is 0.132. The number of rotatable bonds is 4. The molecule has 0 radical (unpaired) electrons. The molecule has 0 aliphatic carbocycles. The number of fused-ring (bicyclic) bond motifs is 1. The molecule has 20 heavy (non-hydrogen) atoms. The summed E-state index contributed by atoms with van der Waals surface area (Å²) in [5.74, 6) is 0.599. The molecule has 2 aromatic rings. The number of thiophene rings is 1. The summed E-state index contributed by atoms with van der Waals surface area (Å²) in [6.45, 7) is 5.10. The number of aryl methyl sites for hydroxylation is 1. The average Bonchev–Trinajstić information content (AvgIpc) is 2.87. The number of nitrogens with one attached hydrogen (secondary N) is 1. The maximum atomic E-state index is 12.5. The summed E-state index contributed by atoms with van der Waals surface area (Å²) >= 11 is 1.66. The van der Waals surface area contributed by atoms with Crippen molar-refractivity contribution in [3.63, 3.8) is 0 Å². The van der Waals surface area contributed by atoms with Crippen LogP contribution in [0.5, 0.6) is 0 Å². The molecule has 0 unspecified atom stereocenters. The molecule has 0 amide bonds. The van der Waals surface area contributed by atoms with Crippen LogP contribution in [0.3, 0.4) is 0 Å². The summed E-state index contributed by atoms with van der Waals surface area (Å²) in [4.78, 5) is 19.2. The Kier molecular flexibility index (Phi) is 4.17. The average molecular weight is 291 g/mol. The minimum Gasteiger partial charge on any atom is -0.317 e. The van der Waals surface area contributed by atoms with E-state index in [9.17, 15) is 4.79 Å². The van der Waals surface area contributed by atoms with Crippen LogP contribution in [0.2, 0.25) is 0 Å². The van der Waals surface area contributed by atoms with Crippen LogP contribution in [0, 0.1) is 5.92 Å². The maximum absolute atomic E-state index is 12.5. The van der Waals surface area contributed by atoms with Crippen LogP contribution in [0.25, 0.3) is 10.2 Å². The van der Waals surface area contributed by atoms with Crippen LogP contribution in [0.4, 0.5) is 0 Å². The largest absolute Gasteiger partial charge is 0.317 e. The first kappa shape index (κ1) is 13.8. The molecule has 1 saturated heterocycles. The Morgan fingerprint density at radius 1 is 1.45 bits per heavy atom. The molecule has 108 valence electrons. The molecule has 0 spiro atoms. The number of piperidine rings is 1. The Bertz CT molecular complexity index is 640.